The molecule has 0 amide bonds. The molecule has 0 radical (unpaired) electrons. The van der Waals surface area contributed by atoms with E-state index in [1.165, 1.54) is 63.5 Å². The van der Waals surface area contributed by atoms with E-state index in [9.17, 15) is 13.6 Å². The standard InChI is InChI=1S/C25H36F2O3/c1-3-5-15-25(16-7-6-8-17-25)19-11-9-18(10-12-19)24(28)30-21-14-13-20(29-4-2)22(26)23(21)27/h13-14,18-19H,3-12,15-17H2,1-2H3/t18-,19-. The SMILES string of the molecule is CCCCC1([C@H]2CC[C@H](C(=O)Oc3ccc(OCC)c(F)c3F)CC2)CCCCC1. The van der Waals surface area contributed by atoms with Crippen LogP contribution in [-0.4, -0.2) is 12.6 Å². The van der Waals surface area contributed by atoms with Crippen LogP contribution in [0.3, 0.4) is 0 Å². The van der Waals surface area contributed by atoms with Gasteiger partial charge in [0.05, 0.1) is 12.5 Å². The Morgan fingerprint density at radius 1 is 1.00 bits per heavy atom. The maximum Gasteiger partial charge on any atom is 0.314 e. The maximum absolute atomic E-state index is 14.3. The van der Waals surface area contributed by atoms with Gasteiger partial charge in [0.15, 0.2) is 11.5 Å². The first-order valence-corrected chi connectivity index (χ1v) is 11.8. The van der Waals surface area contributed by atoms with Gasteiger partial charge in [-0.25, -0.2) is 0 Å². The molecule has 2 aliphatic rings. The predicted octanol–water partition coefficient (Wildman–Crippen LogP) is 7.22. The van der Waals surface area contributed by atoms with Crippen molar-refractivity contribution >= 4 is 5.97 Å². The van der Waals surface area contributed by atoms with Gasteiger partial charge in [-0.3, -0.25) is 4.79 Å². The number of carbonyl (C=O) groups is 1. The lowest BCUT2D eigenvalue weighted by molar-refractivity contribution is -0.141. The molecule has 3 rings (SSSR count). The molecular weight excluding hydrogens is 386 g/mol. The Morgan fingerprint density at radius 3 is 2.27 bits per heavy atom. The fraction of sp³-hybridized carbons (Fsp3) is 0.720. The van der Waals surface area contributed by atoms with Crippen molar-refractivity contribution in [2.75, 3.05) is 6.61 Å². The molecule has 1 aromatic carbocycles. The summed E-state index contributed by atoms with van der Waals surface area (Å²) in [6, 6.07) is 2.58. The Morgan fingerprint density at radius 2 is 1.63 bits per heavy atom. The highest BCUT2D eigenvalue weighted by Gasteiger charge is 2.41. The van der Waals surface area contributed by atoms with Crippen LogP contribution >= 0.6 is 0 Å². The molecule has 0 atom stereocenters. The zero-order valence-corrected chi connectivity index (χ0v) is 18.5. The highest BCUT2D eigenvalue weighted by atomic mass is 19.2. The number of rotatable bonds is 8. The van der Waals surface area contributed by atoms with E-state index in [1.807, 2.05) is 0 Å². The monoisotopic (exact) mass is 422 g/mol. The molecule has 5 heteroatoms. The van der Waals surface area contributed by atoms with Gasteiger partial charge in [0.25, 0.3) is 0 Å². The van der Waals surface area contributed by atoms with Crippen LogP contribution in [0.5, 0.6) is 11.5 Å². The molecule has 0 saturated heterocycles. The summed E-state index contributed by atoms with van der Waals surface area (Å²) >= 11 is 0. The minimum atomic E-state index is -1.16. The molecule has 0 heterocycles. The van der Waals surface area contributed by atoms with Crippen molar-refractivity contribution in [3.63, 3.8) is 0 Å². The molecule has 2 aliphatic carbocycles. The number of benzene rings is 1. The lowest BCUT2D eigenvalue weighted by atomic mass is 9.59. The first-order valence-electron chi connectivity index (χ1n) is 11.8. The zero-order chi connectivity index (χ0) is 21.6. The van der Waals surface area contributed by atoms with Gasteiger partial charge in [0.2, 0.25) is 11.6 Å². The van der Waals surface area contributed by atoms with Crippen molar-refractivity contribution < 1.29 is 23.0 Å². The number of ether oxygens (including phenoxy) is 2. The number of esters is 1. The van der Waals surface area contributed by atoms with E-state index in [2.05, 4.69) is 6.92 Å². The van der Waals surface area contributed by atoms with Crippen molar-refractivity contribution in [2.24, 2.45) is 17.3 Å². The van der Waals surface area contributed by atoms with Crippen LogP contribution in [0.1, 0.15) is 90.9 Å². The van der Waals surface area contributed by atoms with Crippen LogP contribution in [0.15, 0.2) is 12.1 Å². The van der Waals surface area contributed by atoms with Gasteiger partial charge in [-0.05, 0) is 75.3 Å². The maximum atomic E-state index is 14.3. The Bertz CT molecular complexity index is 705. The van der Waals surface area contributed by atoms with Crippen molar-refractivity contribution in [1.82, 2.24) is 0 Å². The fourth-order valence-electron chi connectivity index (χ4n) is 5.64. The molecule has 3 nitrogen and oxygen atoms in total. The smallest absolute Gasteiger partial charge is 0.314 e. The summed E-state index contributed by atoms with van der Waals surface area (Å²) in [6.45, 7) is 4.19. The molecule has 0 aliphatic heterocycles. The number of halogens is 2. The summed E-state index contributed by atoms with van der Waals surface area (Å²) in [5.41, 5.74) is 0.452. The van der Waals surface area contributed by atoms with Crippen LogP contribution in [0.4, 0.5) is 8.78 Å². The third-order valence-corrected chi connectivity index (χ3v) is 7.33. The first-order chi connectivity index (χ1) is 14.5. The summed E-state index contributed by atoms with van der Waals surface area (Å²) in [4.78, 5) is 12.6. The first kappa shape index (κ1) is 23.0. The molecular formula is C25H36F2O3. The topological polar surface area (TPSA) is 35.5 Å². The van der Waals surface area contributed by atoms with Gasteiger partial charge >= 0.3 is 5.97 Å². The minimum Gasteiger partial charge on any atom is -0.491 e. The van der Waals surface area contributed by atoms with E-state index < -0.39 is 17.6 Å². The van der Waals surface area contributed by atoms with Crippen LogP contribution < -0.4 is 9.47 Å². The van der Waals surface area contributed by atoms with E-state index in [1.54, 1.807) is 6.92 Å². The number of hydrogen-bond acceptors (Lipinski definition) is 3. The second-order valence-corrected chi connectivity index (χ2v) is 9.12. The summed E-state index contributed by atoms with van der Waals surface area (Å²) < 4.78 is 38.6. The van der Waals surface area contributed by atoms with Gasteiger partial charge < -0.3 is 9.47 Å². The predicted molar refractivity (Wildman–Crippen MR) is 114 cm³/mol. The number of carbonyl (C=O) groups excluding carboxylic acids is 1. The molecule has 168 valence electrons. The molecule has 0 spiro atoms. The molecule has 0 bridgehead atoms. The summed E-state index contributed by atoms with van der Waals surface area (Å²) in [6.07, 6.45) is 14.1. The van der Waals surface area contributed by atoms with Gasteiger partial charge in [0, 0.05) is 0 Å². The van der Waals surface area contributed by atoms with E-state index in [-0.39, 0.29) is 24.0 Å². The molecule has 2 saturated carbocycles. The fourth-order valence-corrected chi connectivity index (χ4v) is 5.64. The second-order valence-electron chi connectivity index (χ2n) is 9.12. The highest BCUT2D eigenvalue weighted by molar-refractivity contribution is 5.75. The zero-order valence-electron chi connectivity index (χ0n) is 18.5. The minimum absolute atomic E-state index is 0.167. The van der Waals surface area contributed by atoms with Crippen LogP contribution in [0.25, 0.3) is 0 Å². The molecule has 2 fully saturated rings. The Kier molecular flexibility index (Phi) is 8.13. The third kappa shape index (κ3) is 5.15. The number of hydrogen-bond donors (Lipinski definition) is 0. The van der Waals surface area contributed by atoms with Gasteiger partial charge in [0.1, 0.15) is 0 Å². The third-order valence-electron chi connectivity index (χ3n) is 7.33. The Hall–Kier alpha value is -1.65. The van der Waals surface area contributed by atoms with E-state index in [0.29, 0.717) is 11.3 Å². The highest BCUT2D eigenvalue weighted by Crippen LogP contribution is 2.52. The van der Waals surface area contributed by atoms with E-state index in [4.69, 9.17) is 9.47 Å². The number of unbranched alkanes of at least 4 members (excludes halogenated alkanes) is 1. The van der Waals surface area contributed by atoms with Crippen LogP contribution in [0, 0.1) is 28.9 Å². The molecule has 0 aromatic heterocycles. The summed E-state index contributed by atoms with van der Waals surface area (Å²) in [5.74, 6) is -2.79. The van der Waals surface area contributed by atoms with Crippen LogP contribution in [-0.2, 0) is 4.79 Å². The quantitative estimate of drug-likeness (QED) is 0.328. The Balaban J connectivity index is 1.59. The van der Waals surface area contributed by atoms with Crippen molar-refractivity contribution in [2.45, 2.75) is 90.9 Å². The summed E-state index contributed by atoms with van der Waals surface area (Å²) in [7, 11) is 0. The normalized spacial score (nSPS) is 23.7. The van der Waals surface area contributed by atoms with Crippen molar-refractivity contribution in [3.8, 4) is 11.5 Å². The Labute approximate surface area is 179 Å². The largest absolute Gasteiger partial charge is 0.491 e. The van der Waals surface area contributed by atoms with Gasteiger partial charge in [-0.15, -0.1) is 0 Å². The molecule has 1 aromatic rings. The van der Waals surface area contributed by atoms with E-state index >= 15 is 0 Å². The van der Waals surface area contributed by atoms with Crippen molar-refractivity contribution in [1.29, 1.82) is 0 Å². The average Bonchev–Trinajstić information content (AvgIpc) is 2.78. The van der Waals surface area contributed by atoms with Gasteiger partial charge in [-0.2, -0.15) is 8.78 Å². The van der Waals surface area contributed by atoms with E-state index in [0.717, 1.165) is 25.7 Å². The second kappa shape index (κ2) is 10.6. The van der Waals surface area contributed by atoms with Crippen molar-refractivity contribution in [3.05, 3.63) is 23.8 Å². The van der Waals surface area contributed by atoms with Gasteiger partial charge in [-0.1, -0.05) is 39.0 Å². The molecule has 0 unspecified atom stereocenters. The molecule has 0 N–H and O–H groups in total. The van der Waals surface area contributed by atoms with Crippen LogP contribution in [0.2, 0.25) is 0 Å². The lowest BCUT2D eigenvalue weighted by Crippen LogP contribution is -2.37. The average molecular weight is 423 g/mol. The lowest BCUT2D eigenvalue weighted by Gasteiger charge is -2.46. The molecule has 30 heavy (non-hydrogen) atoms. The summed E-state index contributed by atoms with van der Waals surface area (Å²) in [5, 5.41) is 0.